The predicted octanol–water partition coefficient (Wildman–Crippen LogP) is 1.29. The molecule has 1 atom stereocenters. The smallest absolute Gasteiger partial charge is 0.311 e. The van der Waals surface area contributed by atoms with Crippen LogP contribution in [0.5, 0.6) is 0 Å². The van der Waals surface area contributed by atoms with Gasteiger partial charge < -0.3 is 10.4 Å². The Labute approximate surface area is 145 Å². The van der Waals surface area contributed by atoms with E-state index in [0.29, 0.717) is 12.8 Å². The molecule has 7 heteroatoms. The summed E-state index contributed by atoms with van der Waals surface area (Å²) in [6.45, 7) is 3.50. The summed E-state index contributed by atoms with van der Waals surface area (Å²) in [5.74, 6) is -2.73. The van der Waals surface area contributed by atoms with Crippen molar-refractivity contribution in [3.05, 3.63) is 35.4 Å². The Hall–Kier alpha value is -2.70. The number of nitrogens with zero attached hydrogens (tertiary/aromatic N) is 1. The minimum atomic E-state index is -0.975. The van der Waals surface area contributed by atoms with Crippen LogP contribution in [0, 0.1) is 11.3 Å². The van der Waals surface area contributed by atoms with Crippen molar-refractivity contribution in [2.45, 2.75) is 32.7 Å². The molecule has 1 aliphatic carbocycles. The molecule has 3 amide bonds. The number of carboxylic acids is 1. The summed E-state index contributed by atoms with van der Waals surface area (Å²) < 4.78 is 0. The van der Waals surface area contributed by atoms with Crippen molar-refractivity contribution < 1.29 is 24.3 Å². The van der Waals surface area contributed by atoms with E-state index >= 15 is 0 Å². The summed E-state index contributed by atoms with van der Waals surface area (Å²) in [4.78, 5) is 50.1. The standard InChI is InChI=1S/C18H20N2O5/c1-10(2)13(14(21)19-9-18(7-8-18)17(24)25)20-15(22)11-5-3-4-6-12(11)16(20)23/h3-6,10,13H,7-9H2,1-2H3,(H,19,21)(H,24,25). The molecule has 0 saturated heterocycles. The largest absolute Gasteiger partial charge is 0.481 e. The van der Waals surface area contributed by atoms with E-state index in [4.69, 9.17) is 0 Å². The lowest BCUT2D eigenvalue weighted by molar-refractivity contribution is -0.143. The maximum absolute atomic E-state index is 12.7. The number of fused-ring (bicyclic) bond motifs is 1. The van der Waals surface area contributed by atoms with Crippen molar-refractivity contribution in [3.63, 3.8) is 0 Å². The van der Waals surface area contributed by atoms with Gasteiger partial charge in [-0.05, 0) is 30.9 Å². The molecular weight excluding hydrogens is 324 g/mol. The van der Waals surface area contributed by atoms with Gasteiger partial charge in [-0.15, -0.1) is 0 Å². The number of amides is 3. The van der Waals surface area contributed by atoms with Crippen LogP contribution in [-0.4, -0.2) is 46.3 Å². The van der Waals surface area contributed by atoms with E-state index in [1.54, 1.807) is 38.1 Å². The molecule has 1 aromatic carbocycles. The molecule has 1 unspecified atom stereocenters. The summed E-state index contributed by atoms with van der Waals surface area (Å²) in [6.07, 6.45) is 1.03. The first-order valence-electron chi connectivity index (χ1n) is 8.26. The number of carbonyl (C=O) groups is 4. The highest BCUT2D eigenvalue weighted by atomic mass is 16.4. The van der Waals surface area contributed by atoms with Crippen LogP contribution in [0.25, 0.3) is 0 Å². The van der Waals surface area contributed by atoms with Gasteiger partial charge in [0.15, 0.2) is 0 Å². The number of hydrogen-bond acceptors (Lipinski definition) is 4. The van der Waals surface area contributed by atoms with Gasteiger partial charge in [0.05, 0.1) is 16.5 Å². The highest BCUT2D eigenvalue weighted by Gasteiger charge is 2.51. The fraction of sp³-hybridized carbons (Fsp3) is 0.444. The molecule has 2 aliphatic rings. The first-order chi connectivity index (χ1) is 11.8. The highest BCUT2D eigenvalue weighted by molar-refractivity contribution is 6.22. The van der Waals surface area contributed by atoms with Gasteiger partial charge >= 0.3 is 5.97 Å². The second-order valence-corrected chi connectivity index (χ2v) is 7.02. The number of imide groups is 1. The lowest BCUT2D eigenvalue weighted by atomic mass is 10.0. The van der Waals surface area contributed by atoms with Crippen LogP contribution in [0.1, 0.15) is 47.4 Å². The third-order valence-electron chi connectivity index (χ3n) is 4.91. The Kier molecular flexibility index (Phi) is 4.10. The molecule has 25 heavy (non-hydrogen) atoms. The molecule has 1 heterocycles. The third kappa shape index (κ3) is 2.79. The average Bonchev–Trinajstić information content (AvgIpc) is 3.33. The van der Waals surface area contributed by atoms with Gasteiger partial charge in [0.25, 0.3) is 11.8 Å². The Balaban J connectivity index is 1.80. The predicted molar refractivity (Wildman–Crippen MR) is 87.9 cm³/mol. The Morgan fingerprint density at radius 1 is 1.16 bits per heavy atom. The quantitative estimate of drug-likeness (QED) is 0.757. The molecule has 0 spiro atoms. The zero-order chi connectivity index (χ0) is 18.4. The lowest BCUT2D eigenvalue weighted by Gasteiger charge is -2.28. The fourth-order valence-corrected chi connectivity index (χ4v) is 3.16. The van der Waals surface area contributed by atoms with E-state index in [0.717, 1.165) is 4.90 Å². The summed E-state index contributed by atoms with van der Waals surface area (Å²) in [5, 5.41) is 11.8. The van der Waals surface area contributed by atoms with Gasteiger partial charge in [0.1, 0.15) is 6.04 Å². The molecule has 7 nitrogen and oxygen atoms in total. The van der Waals surface area contributed by atoms with Crippen LogP contribution in [-0.2, 0) is 9.59 Å². The highest BCUT2D eigenvalue weighted by Crippen LogP contribution is 2.45. The van der Waals surface area contributed by atoms with Crippen LogP contribution in [0.4, 0.5) is 0 Å². The van der Waals surface area contributed by atoms with E-state index in [9.17, 15) is 24.3 Å². The lowest BCUT2D eigenvalue weighted by Crippen LogP contribution is -2.53. The molecule has 0 bridgehead atoms. The second kappa shape index (κ2) is 5.98. The van der Waals surface area contributed by atoms with E-state index < -0.39 is 35.1 Å². The number of aliphatic carboxylic acids is 1. The van der Waals surface area contributed by atoms with Crippen molar-refractivity contribution in [3.8, 4) is 0 Å². The monoisotopic (exact) mass is 344 g/mol. The topological polar surface area (TPSA) is 104 Å². The van der Waals surface area contributed by atoms with Gasteiger partial charge in [-0.25, -0.2) is 0 Å². The van der Waals surface area contributed by atoms with E-state index in [-0.39, 0.29) is 23.6 Å². The maximum Gasteiger partial charge on any atom is 0.311 e. The molecule has 0 radical (unpaired) electrons. The molecule has 0 aromatic heterocycles. The van der Waals surface area contributed by atoms with E-state index in [1.807, 2.05) is 0 Å². The second-order valence-electron chi connectivity index (χ2n) is 7.02. The summed E-state index contributed by atoms with van der Waals surface area (Å²) in [6, 6.07) is 5.49. The maximum atomic E-state index is 12.7. The molecule has 1 saturated carbocycles. The van der Waals surface area contributed by atoms with Crippen molar-refractivity contribution in [1.82, 2.24) is 10.2 Å². The zero-order valence-electron chi connectivity index (χ0n) is 14.1. The van der Waals surface area contributed by atoms with Crippen molar-refractivity contribution >= 4 is 23.7 Å². The molecule has 1 aliphatic heterocycles. The van der Waals surface area contributed by atoms with Gasteiger partial charge in [0.2, 0.25) is 5.91 Å². The van der Waals surface area contributed by atoms with Crippen molar-refractivity contribution in [2.75, 3.05) is 6.54 Å². The molecule has 132 valence electrons. The molecular formula is C18H20N2O5. The number of nitrogens with one attached hydrogen (secondary N) is 1. The number of carbonyl (C=O) groups excluding carboxylic acids is 3. The number of carboxylic acid groups (broad SMARTS) is 1. The number of rotatable bonds is 6. The molecule has 1 aromatic rings. The van der Waals surface area contributed by atoms with E-state index in [2.05, 4.69) is 5.32 Å². The van der Waals surface area contributed by atoms with Gasteiger partial charge in [0, 0.05) is 6.54 Å². The van der Waals surface area contributed by atoms with Gasteiger partial charge in [-0.2, -0.15) is 0 Å². The Bertz CT molecular complexity index is 731. The van der Waals surface area contributed by atoms with Gasteiger partial charge in [-0.1, -0.05) is 26.0 Å². The first kappa shape index (κ1) is 17.1. The first-order valence-corrected chi connectivity index (χ1v) is 8.26. The fourth-order valence-electron chi connectivity index (χ4n) is 3.16. The molecule has 3 rings (SSSR count). The molecule has 2 N–H and O–H groups in total. The van der Waals surface area contributed by atoms with Crippen LogP contribution < -0.4 is 5.32 Å². The van der Waals surface area contributed by atoms with Crippen LogP contribution in [0.2, 0.25) is 0 Å². The minimum Gasteiger partial charge on any atom is -0.481 e. The van der Waals surface area contributed by atoms with E-state index in [1.165, 1.54) is 0 Å². The molecule has 1 fully saturated rings. The van der Waals surface area contributed by atoms with Crippen LogP contribution in [0.15, 0.2) is 24.3 Å². The summed E-state index contributed by atoms with van der Waals surface area (Å²) in [7, 11) is 0. The van der Waals surface area contributed by atoms with Crippen LogP contribution >= 0.6 is 0 Å². The normalized spacial score (nSPS) is 18.9. The number of hydrogen-bond donors (Lipinski definition) is 2. The number of benzene rings is 1. The van der Waals surface area contributed by atoms with Crippen molar-refractivity contribution in [2.24, 2.45) is 11.3 Å². The Morgan fingerprint density at radius 2 is 1.68 bits per heavy atom. The minimum absolute atomic E-state index is 0.00750. The average molecular weight is 344 g/mol. The zero-order valence-corrected chi connectivity index (χ0v) is 14.1. The SMILES string of the molecule is CC(C)C(C(=O)NCC1(C(=O)O)CC1)N1C(=O)c2ccccc2C1=O. The van der Waals surface area contributed by atoms with Crippen molar-refractivity contribution in [1.29, 1.82) is 0 Å². The van der Waals surface area contributed by atoms with Gasteiger partial charge in [-0.3, -0.25) is 24.1 Å². The summed E-state index contributed by atoms with van der Waals surface area (Å²) >= 11 is 0. The van der Waals surface area contributed by atoms with Crippen LogP contribution in [0.3, 0.4) is 0 Å². The summed E-state index contributed by atoms with van der Waals surface area (Å²) in [5.41, 5.74) is -0.329. The third-order valence-corrected chi connectivity index (χ3v) is 4.91. The Morgan fingerprint density at radius 3 is 2.08 bits per heavy atom.